The number of anilines is 2. The highest BCUT2D eigenvalue weighted by molar-refractivity contribution is 5.56. The highest BCUT2D eigenvalue weighted by Crippen LogP contribution is 2.47. The minimum absolute atomic E-state index is 0.0203. The molecule has 3 aromatic carbocycles. The Labute approximate surface area is 206 Å². The van der Waals surface area contributed by atoms with Crippen LogP contribution in [-0.4, -0.2) is 0 Å². The topological polar surface area (TPSA) is 70.5 Å². The first-order chi connectivity index (χ1) is 17.7. The summed E-state index contributed by atoms with van der Waals surface area (Å²) < 4.78 is 200. The number of rotatable bonds is 4. The number of nitrogen functional groups attached to an aromatic ring is 2. The van der Waals surface area contributed by atoms with Gasteiger partial charge < -0.3 is 20.9 Å². The van der Waals surface area contributed by atoms with Crippen molar-refractivity contribution in [1.29, 1.82) is 0 Å². The van der Waals surface area contributed by atoms with E-state index in [0.717, 1.165) is 0 Å². The van der Waals surface area contributed by atoms with E-state index in [-0.39, 0.29) is 24.3 Å². The van der Waals surface area contributed by atoms with E-state index in [1.54, 1.807) is 0 Å². The van der Waals surface area contributed by atoms with Gasteiger partial charge in [0.1, 0.15) is 5.56 Å². The van der Waals surface area contributed by atoms with Gasteiger partial charge >= 0.3 is 18.5 Å². The molecular formula is C21H8F14N2O2. The zero-order chi connectivity index (χ0) is 29.8. The molecule has 0 radical (unpaired) electrons. The Morgan fingerprint density at radius 1 is 0.462 bits per heavy atom. The minimum Gasteiger partial charge on any atom is -0.448 e. The second-order valence-corrected chi connectivity index (χ2v) is 7.39. The predicted molar refractivity (Wildman–Crippen MR) is 103 cm³/mol. The predicted octanol–water partition coefficient (Wildman–Crippen LogP) is 8.19. The van der Waals surface area contributed by atoms with E-state index >= 15 is 4.39 Å². The van der Waals surface area contributed by atoms with E-state index in [0.29, 0.717) is 0 Å². The van der Waals surface area contributed by atoms with Gasteiger partial charge in [-0.3, -0.25) is 0 Å². The Kier molecular flexibility index (Phi) is 7.22. The largest absolute Gasteiger partial charge is 0.448 e. The molecule has 0 aliphatic heterocycles. The molecule has 0 saturated carbocycles. The standard InChI is InChI=1S/C21H8F14N2O2/c22-11-6(20(30,31)32)3-8(36)13(24)17(11)38-10-2-1-5(19(27,28)29)16(15(10)26)39-18-12(23)7(21(33,34)35)4-9(37)14(18)25/h1-4H,36-37H2. The molecule has 0 aromatic heterocycles. The third kappa shape index (κ3) is 5.53. The normalized spacial score (nSPS) is 12.6. The highest BCUT2D eigenvalue weighted by Gasteiger charge is 2.42. The summed E-state index contributed by atoms with van der Waals surface area (Å²) >= 11 is 0. The molecule has 0 atom stereocenters. The van der Waals surface area contributed by atoms with Gasteiger partial charge in [-0.25, -0.2) is 17.6 Å². The molecular weight excluding hydrogens is 578 g/mol. The fourth-order valence-electron chi connectivity index (χ4n) is 3.01. The van der Waals surface area contributed by atoms with Gasteiger partial charge in [0.15, 0.2) is 34.8 Å². The van der Waals surface area contributed by atoms with Crippen molar-refractivity contribution in [3.05, 3.63) is 70.0 Å². The zero-order valence-corrected chi connectivity index (χ0v) is 18.1. The van der Waals surface area contributed by atoms with Crippen LogP contribution in [0.3, 0.4) is 0 Å². The van der Waals surface area contributed by atoms with Crippen LogP contribution in [0.1, 0.15) is 16.7 Å². The maximum absolute atomic E-state index is 15.1. The summed E-state index contributed by atoms with van der Waals surface area (Å²) in [5.74, 6) is -20.3. The van der Waals surface area contributed by atoms with E-state index in [1.165, 1.54) is 0 Å². The van der Waals surface area contributed by atoms with Gasteiger partial charge in [-0.05, 0) is 24.3 Å². The van der Waals surface area contributed by atoms with E-state index in [4.69, 9.17) is 11.5 Å². The molecule has 0 aliphatic carbocycles. The first kappa shape index (κ1) is 29.4. The van der Waals surface area contributed by atoms with Crippen LogP contribution >= 0.6 is 0 Å². The lowest BCUT2D eigenvalue weighted by molar-refractivity contribution is -0.141. The minimum atomic E-state index is -5.65. The van der Waals surface area contributed by atoms with E-state index in [1.807, 2.05) is 0 Å². The Morgan fingerprint density at radius 3 is 1.23 bits per heavy atom. The van der Waals surface area contributed by atoms with Crippen molar-refractivity contribution in [2.45, 2.75) is 18.5 Å². The quantitative estimate of drug-likeness (QED) is 0.239. The second kappa shape index (κ2) is 9.57. The van der Waals surface area contributed by atoms with Crippen molar-refractivity contribution in [1.82, 2.24) is 0 Å². The molecule has 39 heavy (non-hydrogen) atoms. The molecule has 3 aromatic rings. The van der Waals surface area contributed by atoms with Crippen molar-refractivity contribution in [3.8, 4) is 23.0 Å². The first-order valence-corrected chi connectivity index (χ1v) is 9.60. The molecule has 0 bridgehead atoms. The van der Waals surface area contributed by atoms with E-state index in [9.17, 15) is 57.1 Å². The lowest BCUT2D eigenvalue weighted by Gasteiger charge is -2.20. The van der Waals surface area contributed by atoms with Gasteiger partial charge in [-0.2, -0.15) is 43.9 Å². The summed E-state index contributed by atoms with van der Waals surface area (Å²) in [6.45, 7) is 0. The Hall–Kier alpha value is -4.12. The molecule has 0 spiro atoms. The van der Waals surface area contributed by atoms with Crippen LogP contribution in [0.25, 0.3) is 0 Å². The summed E-state index contributed by atoms with van der Waals surface area (Å²) in [7, 11) is 0. The van der Waals surface area contributed by atoms with Crippen molar-refractivity contribution < 1.29 is 70.9 Å². The summed E-state index contributed by atoms with van der Waals surface area (Å²) in [6, 6.07) is -0.679. The van der Waals surface area contributed by atoms with Crippen molar-refractivity contribution >= 4 is 11.4 Å². The first-order valence-electron chi connectivity index (χ1n) is 9.60. The van der Waals surface area contributed by atoms with Crippen LogP contribution in [0.5, 0.6) is 23.0 Å². The molecule has 4 nitrogen and oxygen atoms in total. The summed E-state index contributed by atoms with van der Waals surface area (Å²) in [5, 5.41) is 0. The average Bonchev–Trinajstić information content (AvgIpc) is 2.78. The van der Waals surface area contributed by atoms with Gasteiger partial charge in [0.25, 0.3) is 0 Å². The van der Waals surface area contributed by atoms with Crippen LogP contribution in [0, 0.1) is 29.1 Å². The molecule has 0 amide bonds. The van der Waals surface area contributed by atoms with Crippen molar-refractivity contribution in [2.24, 2.45) is 0 Å². The SMILES string of the molecule is Nc1cc(C(F)(F)F)c(F)c(Oc2ccc(C(F)(F)F)c(Oc3c(F)c(N)cc(C(F)(F)F)c3F)c2F)c1F. The van der Waals surface area contributed by atoms with Gasteiger partial charge in [0.2, 0.25) is 17.3 Å². The number of hydrogen-bond acceptors (Lipinski definition) is 4. The van der Waals surface area contributed by atoms with Crippen molar-refractivity contribution in [3.63, 3.8) is 0 Å². The van der Waals surface area contributed by atoms with Crippen LogP contribution in [0.2, 0.25) is 0 Å². The molecule has 3 rings (SSSR count). The van der Waals surface area contributed by atoms with E-state index < -0.39 is 98.7 Å². The maximum atomic E-state index is 15.1. The van der Waals surface area contributed by atoms with Crippen LogP contribution in [0.15, 0.2) is 24.3 Å². The molecule has 0 unspecified atom stereocenters. The summed E-state index contributed by atoms with van der Waals surface area (Å²) in [5.41, 5.74) is 0.292. The fourth-order valence-corrected chi connectivity index (χ4v) is 3.01. The lowest BCUT2D eigenvalue weighted by Crippen LogP contribution is -2.14. The van der Waals surface area contributed by atoms with Crippen LogP contribution < -0.4 is 20.9 Å². The molecule has 0 aliphatic rings. The monoisotopic (exact) mass is 586 g/mol. The molecule has 0 fully saturated rings. The number of benzene rings is 3. The third-order valence-electron chi connectivity index (χ3n) is 4.77. The third-order valence-corrected chi connectivity index (χ3v) is 4.77. The van der Waals surface area contributed by atoms with Gasteiger partial charge in [0.05, 0.1) is 22.5 Å². The van der Waals surface area contributed by atoms with Gasteiger partial charge in [0, 0.05) is 0 Å². The Morgan fingerprint density at radius 2 is 0.846 bits per heavy atom. The van der Waals surface area contributed by atoms with Crippen molar-refractivity contribution in [2.75, 3.05) is 11.5 Å². The van der Waals surface area contributed by atoms with Gasteiger partial charge in [-0.15, -0.1) is 0 Å². The molecule has 0 heterocycles. The Bertz CT molecular complexity index is 1450. The van der Waals surface area contributed by atoms with Gasteiger partial charge in [-0.1, -0.05) is 0 Å². The fraction of sp³-hybridized carbons (Fsp3) is 0.143. The number of nitrogens with two attached hydrogens (primary N) is 2. The Balaban J connectivity index is 2.26. The lowest BCUT2D eigenvalue weighted by atomic mass is 10.1. The summed E-state index contributed by atoms with van der Waals surface area (Å²) in [4.78, 5) is 0. The number of alkyl halides is 9. The van der Waals surface area contributed by atoms with Crippen LogP contribution in [0.4, 0.5) is 72.8 Å². The number of hydrogen-bond donors (Lipinski definition) is 2. The smallest absolute Gasteiger partial charge is 0.420 e. The molecule has 18 heteroatoms. The molecule has 212 valence electrons. The molecule has 0 saturated heterocycles. The zero-order valence-electron chi connectivity index (χ0n) is 18.1. The summed E-state index contributed by atoms with van der Waals surface area (Å²) in [6.07, 6.45) is -16.8. The average molecular weight is 586 g/mol. The van der Waals surface area contributed by atoms with E-state index in [2.05, 4.69) is 9.47 Å². The van der Waals surface area contributed by atoms with Crippen LogP contribution in [-0.2, 0) is 18.5 Å². The maximum Gasteiger partial charge on any atom is 0.420 e. The molecule has 4 N–H and O–H groups in total. The highest BCUT2D eigenvalue weighted by atomic mass is 19.4. The number of halogens is 14. The second-order valence-electron chi connectivity index (χ2n) is 7.39. The number of ether oxygens (including phenoxy) is 2.